The molecule has 0 spiro atoms. The molecule has 0 radical (unpaired) electrons. The van der Waals surface area contributed by atoms with E-state index < -0.39 is 5.66 Å². The van der Waals surface area contributed by atoms with Crippen LogP contribution < -0.4 is 5.32 Å². The molecule has 256 valence electrons. The van der Waals surface area contributed by atoms with Gasteiger partial charge in [-0.3, -0.25) is 14.7 Å². The second-order valence-electron chi connectivity index (χ2n) is 15.1. The number of aldehydes is 1. The van der Waals surface area contributed by atoms with Crippen LogP contribution in [0.4, 0.5) is 0 Å². The number of rotatable bonds is 18. The molecule has 47 heavy (non-hydrogen) atoms. The third-order valence-corrected chi connectivity index (χ3v) is 9.49. The van der Waals surface area contributed by atoms with Crippen molar-refractivity contribution in [2.24, 2.45) is 21.7 Å². The molecule has 0 saturated heterocycles. The fourth-order valence-electron chi connectivity index (χ4n) is 5.73. The van der Waals surface area contributed by atoms with Crippen molar-refractivity contribution >= 4 is 12.0 Å². The molecule has 0 aliphatic carbocycles. The van der Waals surface area contributed by atoms with E-state index in [1.807, 2.05) is 24.3 Å². The quantitative estimate of drug-likeness (QED) is 0.111. The van der Waals surface area contributed by atoms with Gasteiger partial charge in [-0.25, -0.2) is 0 Å². The van der Waals surface area contributed by atoms with Crippen LogP contribution in [-0.4, -0.2) is 57.3 Å². The van der Waals surface area contributed by atoms with Gasteiger partial charge in [0.1, 0.15) is 11.4 Å². The molecule has 9 heteroatoms. The van der Waals surface area contributed by atoms with Gasteiger partial charge in [0, 0.05) is 36.4 Å². The minimum absolute atomic E-state index is 0.0254. The van der Waals surface area contributed by atoms with Crippen molar-refractivity contribution in [3.05, 3.63) is 76.6 Å². The Bertz CT molecular complexity index is 1370. The predicted molar refractivity (Wildman–Crippen MR) is 189 cm³/mol. The van der Waals surface area contributed by atoms with Gasteiger partial charge < -0.3 is 10.1 Å². The molecule has 0 amide bonds. The van der Waals surface area contributed by atoms with Crippen molar-refractivity contribution in [3.63, 3.8) is 0 Å². The van der Waals surface area contributed by atoms with Gasteiger partial charge >= 0.3 is 0 Å². The number of aromatic nitrogens is 4. The Morgan fingerprint density at radius 1 is 1.04 bits per heavy atom. The largest absolute Gasteiger partial charge is 0.380 e. The summed E-state index contributed by atoms with van der Waals surface area (Å²) in [5, 5.41) is 17.4. The van der Waals surface area contributed by atoms with E-state index in [0.717, 1.165) is 60.6 Å². The average Bonchev–Trinajstić information content (AvgIpc) is 3.55. The first-order valence-corrected chi connectivity index (χ1v) is 16.9. The third kappa shape index (κ3) is 11.3. The zero-order chi connectivity index (χ0) is 34.7. The molecular weight excluding hydrogens is 586 g/mol. The summed E-state index contributed by atoms with van der Waals surface area (Å²) in [7, 11) is 3.87. The standard InChI is InChI=1S/C38H57N7O2/c1-11-38(23-20-28(2)37(6,7)8,40-33(26-46)31-16-14-30(15-17-31)27-47-10)45(9)34(21-22-36(3,4)5)32-18-12-29(13-19-32)24-39-25-35-41-43-44-42-35/h12,14-18,26,28,34,39H,11,20-25,27H2,1-10H3,(H,41,42,43,44). The highest BCUT2D eigenvalue weighted by Crippen LogP contribution is 2.41. The van der Waals surface area contributed by atoms with E-state index in [4.69, 9.17) is 9.73 Å². The normalized spacial score (nSPS) is 15.3. The number of nitrogens with zero attached hydrogens (tertiary/aromatic N) is 5. The number of H-pyrrole nitrogens is 1. The van der Waals surface area contributed by atoms with Gasteiger partial charge in [0.25, 0.3) is 0 Å². The number of tetrazole rings is 1. The molecule has 3 aromatic rings. The number of benzene rings is 1. The maximum absolute atomic E-state index is 12.7. The molecular formula is C38H57N7O2. The topological polar surface area (TPSA) is 108 Å². The van der Waals surface area contributed by atoms with Crippen molar-refractivity contribution in [2.45, 2.75) is 119 Å². The fraction of sp³-hybridized carbons (Fsp3) is 0.605. The van der Waals surface area contributed by atoms with Gasteiger partial charge in [-0.05, 0) is 73.6 Å². The lowest BCUT2D eigenvalue weighted by Crippen LogP contribution is -2.48. The van der Waals surface area contributed by atoms with Crippen molar-refractivity contribution < 1.29 is 9.53 Å². The zero-order valence-electron chi connectivity index (χ0n) is 30.4. The summed E-state index contributed by atoms with van der Waals surface area (Å²) in [4.78, 5) is 20.6. The van der Waals surface area contributed by atoms with Crippen LogP contribution in [0.2, 0.25) is 0 Å². The summed E-state index contributed by atoms with van der Waals surface area (Å²) in [5.41, 5.74) is 4.13. The van der Waals surface area contributed by atoms with Gasteiger partial charge in [0.05, 0.1) is 13.2 Å². The van der Waals surface area contributed by atoms with E-state index in [1.165, 1.54) is 0 Å². The summed E-state index contributed by atoms with van der Waals surface area (Å²) >= 11 is 0. The molecule has 0 saturated carbocycles. The number of carbonyl (C=O) groups is 1. The van der Waals surface area contributed by atoms with Crippen LogP contribution in [0.15, 0.2) is 41.4 Å². The fourth-order valence-corrected chi connectivity index (χ4v) is 5.73. The predicted octanol–water partition coefficient (Wildman–Crippen LogP) is 7.29. The minimum atomic E-state index is -0.609. The highest BCUT2D eigenvalue weighted by molar-refractivity contribution is 6.36. The molecule has 0 fully saturated rings. The number of aliphatic imine (C=N–C) groups is 1. The maximum Gasteiger partial charge on any atom is 0.188 e. The first-order valence-electron chi connectivity index (χ1n) is 16.9. The van der Waals surface area contributed by atoms with Gasteiger partial charge in [0.2, 0.25) is 0 Å². The molecule has 2 N–H and O–H groups in total. The molecule has 3 unspecified atom stereocenters. The second-order valence-corrected chi connectivity index (χ2v) is 15.1. The monoisotopic (exact) mass is 643 g/mol. The van der Waals surface area contributed by atoms with E-state index in [2.05, 4.69) is 118 Å². The van der Waals surface area contributed by atoms with Gasteiger partial charge in [-0.1, -0.05) is 97.0 Å². The van der Waals surface area contributed by atoms with E-state index >= 15 is 0 Å². The number of carbonyl (C=O) groups excluding carboxylic acids is 1. The Labute approximate surface area is 283 Å². The third-order valence-electron chi connectivity index (χ3n) is 9.49. The lowest BCUT2D eigenvalue weighted by Gasteiger charge is -2.45. The molecule has 1 heterocycles. The van der Waals surface area contributed by atoms with Crippen LogP contribution >= 0.6 is 0 Å². The van der Waals surface area contributed by atoms with Crippen molar-refractivity contribution in [1.82, 2.24) is 30.8 Å². The number of nitrogens with one attached hydrogen (secondary N) is 2. The number of hydrogen-bond donors (Lipinski definition) is 2. The molecule has 0 aliphatic rings. The summed E-state index contributed by atoms with van der Waals surface area (Å²) < 4.78 is 5.30. The molecule has 3 rings (SSSR count). The Hall–Kier alpha value is -3.45. The van der Waals surface area contributed by atoms with Crippen molar-refractivity contribution in [2.75, 3.05) is 14.2 Å². The van der Waals surface area contributed by atoms with E-state index in [1.54, 1.807) is 7.11 Å². The summed E-state index contributed by atoms with van der Waals surface area (Å²) in [6, 6.07) is 19.2. The van der Waals surface area contributed by atoms with Crippen LogP contribution in [0.3, 0.4) is 0 Å². The van der Waals surface area contributed by atoms with Crippen molar-refractivity contribution in [3.8, 4) is 0 Å². The molecule has 2 aromatic carbocycles. The molecule has 9 nitrogen and oxygen atoms in total. The Morgan fingerprint density at radius 3 is 2.30 bits per heavy atom. The highest BCUT2D eigenvalue weighted by Gasteiger charge is 2.39. The smallest absolute Gasteiger partial charge is 0.188 e. The zero-order valence-corrected chi connectivity index (χ0v) is 30.4. The Morgan fingerprint density at radius 2 is 1.77 bits per heavy atom. The van der Waals surface area contributed by atoms with Gasteiger partial charge in [-0.2, -0.15) is 5.21 Å². The van der Waals surface area contributed by atoms with Gasteiger partial charge in [0.15, 0.2) is 12.1 Å². The second kappa shape index (κ2) is 17.1. The van der Waals surface area contributed by atoms with Crippen LogP contribution in [0.1, 0.15) is 122 Å². The first kappa shape index (κ1) is 38.0. The lowest BCUT2D eigenvalue weighted by atomic mass is 9.77. The number of methoxy groups -OCH3 is 1. The van der Waals surface area contributed by atoms with Crippen LogP contribution in [0.5, 0.6) is 0 Å². The summed E-state index contributed by atoms with van der Waals surface area (Å²) in [6.45, 7) is 19.9. The lowest BCUT2D eigenvalue weighted by molar-refractivity contribution is -0.102. The Balaban J connectivity index is 2.02. The number of hydrogen-bond acceptors (Lipinski definition) is 8. The molecule has 3 atom stereocenters. The van der Waals surface area contributed by atoms with Crippen LogP contribution in [0, 0.1) is 28.9 Å². The maximum atomic E-state index is 12.7. The number of ether oxygens (including phenoxy) is 1. The van der Waals surface area contributed by atoms with Crippen molar-refractivity contribution in [1.29, 1.82) is 0 Å². The number of aromatic amines is 1. The van der Waals surface area contributed by atoms with E-state index in [0.29, 0.717) is 37.2 Å². The molecule has 1 aromatic heterocycles. The molecule has 0 bridgehead atoms. The van der Waals surface area contributed by atoms with E-state index in [-0.39, 0.29) is 16.9 Å². The SMILES string of the molecule is CCC(CCC(C)C(C)(C)C)(N=C(C=O)c1ccc(COC)cc1)N(C)C(CCC(C)(C)C)c1c#cc(CNCc2nn[nH]n2)cc1. The summed E-state index contributed by atoms with van der Waals surface area (Å²) in [6.07, 6.45) is 5.42. The highest BCUT2D eigenvalue weighted by atomic mass is 16.5. The summed E-state index contributed by atoms with van der Waals surface area (Å²) in [5.74, 6) is 1.09. The van der Waals surface area contributed by atoms with Crippen LogP contribution in [0.25, 0.3) is 0 Å². The first-order chi connectivity index (χ1) is 22.2. The molecule has 0 aliphatic heterocycles. The Kier molecular flexibility index (Phi) is 13.8. The van der Waals surface area contributed by atoms with Gasteiger partial charge in [-0.15, -0.1) is 10.2 Å². The minimum Gasteiger partial charge on any atom is -0.380 e. The van der Waals surface area contributed by atoms with Crippen LogP contribution in [-0.2, 0) is 29.2 Å². The van der Waals surface area contributed by atoms with E-state index in [9.17, 15) is 4.79 Å². The average molecular weight is 644 g/mol.